The van der Waals surface area contributed by atoms with Crippen LogP contribution >= 0.6 is 0 Å². The van der Waals surface area contributed by atoms with E-state index in [0.29, 0.717) is 11.3 Å². The van der Waals surface area contributed by atoms with Gasteiger partial charge in [0.25, 0.3) is 0 Å². The Balaban J connectivity index is 1.71. The van der Waals surface area contributed by atoms with Crippen molar-refractivity contribution in [2.24, 2.45) is 0 Å². The van der Waals surface area contributed by atoms with Crippen molar-refractivity contribution in [3.05, 3.63) is 53.9 Å². The lowest BCUT2D eigenvalue weighted by Crippen LogP contribution is -2.10. The van der Waals surface area contributed by atoms with Crippen molar-refractivity contribution >= 4 is 28.6 Å². The fourth-order valence-electron chi connectivity index (χ4n) is 2.87. The molecule has 0 unspecified atom stereocenters. The van der Waals surface area contributed by atoms with Gasteiger partial charge in [-0.1, -0.05) is 6.07 Å². The number of nitrogens with one attached hydrogen (secondary N) is 1. The lowest BCUT2D eigenvalue weighted by Gasteiger charge is -2.11. The summed E-state index contributed by atoms with van der Waals surface area (Å²) in [5.41, 5.74) is 6.48. The number of fused-ring (bicyclic) bond motifs is 1. The monoisotopic (exact) mass is 419 g/mol. The number of ether oxygens (including phenoxy) is 1. The molecule has 0 radical (unpaired) electrons. The van der Waals surface area contributed by atoms with E-state index in [1.54, 1.807) is 13.0 Å². The minimum Gasteiger partial charge on any atom is -0.432 e. The molecular formula is C18H13F4N7O. The first-order chi connectivity index (χ1) is 14.3. The highest BCUT2D eigenvalue weighted by Gasteiger charge is 2.16. The number of para-hydroxylation sites is 1. The molecular weight excluding hydrogens is 406 g/mol. The number of rotatable bonds is 5. The van der Waals surface area contributed by atoms with Crippen molar-refractivity contribution in [2.45, 2.75) is 13.5 Å². The molecule has 0 bridgehead atoms. The molecule has 4 aromatic rings. The van der Waals surface area contributed by atoms with E-state index < -0.39 is 24.0 Å². The zero-order valence-corrected chi connectivity index (χ0v) is 15.3. The van der Waals surface area contributed by atoms with Gasteiger partial charge in [-0.2, -0.15) is 23.7 Å². The van der Waals surface area contributed by atoms with E-state index >= 15 is 0 Å². The number of hydrogen-bond donors (Lipinski definition) is 2. The second kappa shape index (κ2) is 7.46. The number of imidazole rings is 1. The molecule has 30 heavy (non-hydrogen) atoms. The third kappa shape index (κ3) is 3.66. The SMILES string of the molecule is Cc1nc2c(F)cccc2n1-c1nc(N)nc(Nc2ccc(OC(F)F)c(F)c2)n1. The van der Waals surface area contributed by atoms with E-state index in [9.17, 15) is 17.6 Å². The van der Waals surface area contributed by atoms with Crippen LogP contribution in [0.1, 0.15) is 5.82 Å². The molecule has 0 atom stereocenters. The van der Waals surface area contributed by atoms with Crippen LogP contribution in [0.15, 0.2) is 36.4 Å². The molecule has 2 heterocycles. The number of anilines is 3. The van der Waals surface area contributed by atoms with Crippen molar-refractivity contribution in [3.8, 4) is 11.7 Å². The Morgan fingerprint density at radius 2 is 1.83 bits per heavy atom. The number of alkyl halides is 2. The highest BCUT2D eigenvalue weighted by molar-refractivity contribution is 5.78. The summed E-state index contributed by atoms with van der Waals surface area (Å²) < 4.78 is 58.0. The molecule has 0 saturated heterocycles. The minimum absolute atomic E-state index is 0.0444. The number of benzene rings is 2. The van der Waals surface area contributed by atoms with Crippen LogP contribution in [0, 0.1) is 18.6 Å². The Kier molecular flexibility index (Phi) is 4.82. The summed E-state index contributed by atoms with van der Waals surface area (Å²) in [5.74, 6) is -1.84. The van der Waals surface area contributed by atoms with Crippen molar-refractivity contribution in [1.82, 2.24) is 24.5 Å². The van der Waals surface area contributed by atoms with E-state index in [2.05, 4.69) is 30.0 Å². The Bertz CT molecular complexity index is 1240. The molecule has 4 rings (SSSR count). The second-order valence-electron chi connectivity index (χ2n) is 6.07. The zero-order chi connectivity index (χ0) is 21.4. The number of nitrogen functional groups attached to an aromatic ring is 1. The maximum atomic E-state index is 14.0. The Hall–Kier alpha value is -3.96. The Morgan fingerprint density at radius 1 is 1.03 bits per heavy atom. The number of halogens is 4. The fraction of sp³-hybridized carbons (Fsp3) is 0.111. The quantitative estimate of drug-likeness (QED) is 0.475. The third-order valence-electron chi connectivity index (χ3n) is 4.05. The van der Waals surface area contributed by atoms with Crippen molar-refractivity contribution in [3.63, 3.8) is 0 Å². The molecule has 0 saturated carbocycles. The van der Waals surface area contributed by atoms with Gasteiger partial charge < -0.3 is 15.8 Å². The van der Waals surface area contributed by atoms with Gasteiger partial charge in [0.1, 0.15) is 11.3 Å². The molecule has 3 N–H and O–H groups in total. The van der Waals surface area contributed by atoms with Crippen LogP contribution in [0.2, 0.25) is 0 Å². The summed E-state index contributed by atoms with van der Waals surface area (Å²) in [5, 5.41) is 2.71. The van der Waals surface area contributed by atoms with E-state index in [-0.39, 0.29) is 29.0 Å². The highest BCUT2D eigenvalue weighted by atomic mass is 19.3. The Labute approximate surface area is 166 Å². The van der Waals surface area contributed by atoms with Gasteiger partial charge in [0.15, 0.2) is 17.4 Å². The largest absolute Gasteiger partial charge is 0.432 e. The third-order valence-corrected chi connectivity index (χ3v) is 4.05. The first kappa shape index (κ1) is 19.4. The summed E-state index contributed by atoms with van der Waals surface area (Å²) in [6.07, 6.45) is 0. The van der Waals surface area contributed by atoms with Gasteiger partial charge in [-0.05, 0) is 31.2 Å². The predicted octanol–water partition coefficient (Wildman–Crippen LogP) is 3.72. The summed E-state index contributed by atoms with van der Waals surface area (Å²) in [6.45, 7) is -1.51. The number of nitrogens with zero attached hydrogens (tertiary/aromatic N) is 5. The average Bonchev–Trinajstić information content (AvgIpc) is 3.00. The van der Waals surface area contributed by atoms with Gasteiger partial charge in [-0.15, -0.1) is 0 Å². The van der Waals surface area contributed by atoms with Gasteiger partial charge >= 0.3 is 6.61 Å². The van der Waals surface area contributed by atoms with Crippen LogP contribution in [-0.4, -0.2) is 31.1 Å². The molecule has 12 heteroatoms. The Morgan fingerprint density at radius 3 is 2.57 bits per heavy atom. The first-order valence-corrected chi connectivity index (χ1v) is 8.48. The maximum absolute atomic E-state index is 14.0. The standard InChI is InChI=1S/C18H13F4N7O/c1-8-24-14-10(19)3-2-4-12(14)29(8)18-27-16(23)26-17(28-18)25-9-5-6-13(11(20)7-9)30-15(21)22/h2-7,15H,1H3,(H3,23,25,26,27,28). The highest BCUT2D eigenvalue weighted by Crippen LogP contribution is 2.26. The maximum Gasteiger partial charge on any atom is 0.387 e. The van der Waals surface area contributed by atoms with E-state index in [1.807, 2.05) is 0 Å². The normalized spacial score (nSPS) is 11.3. The second-order valence-corrected chi connectivity index (χ2v) is 6.07. The molecule has 2 aromatic carbocycles. The zero-order valence-electron chi connectivity index (χ0n) is 15.3. The van der Waals surface area contributed by atoms with Gasteiger partial charge in [0.05, 0.1) is 5.52 Å². The van der Waals surface area contributed by atoms with Crippen LogP contribution in [0.3, 0.4) is 0 Å². The lowest BCUT2D eigenvalue weighted by atomic mass is 10.3. The molecule has 0 fully saturated rings. The number of aryl methyl sites for hydroxylation is 1. The molecule has 0 aliphatic heterocycles. The van der Waals surface area contributed by atoms with Crippen molar-refractivity contribution in [2.75, 3.05) is 11.1 Å². The van der Waals surface area contributed by atoms with Gasteiger partial charge in [-0.25, -0.2) is 13.8 Å². The first-order valence-electron chi connectivity index (χ1n) is 8.48. The average molecular weight is 419 g/mol. The molecule has 0 aliphatic rings. The van der Waals surface area contributed by atoms with Crippen LogP contribution in [-0.2, 0) is 0 Å². The number of aromatic nitrogens is 5. The molecule has 0 spiro atoms. The van der Waals surface area contributed by atoms with Crippen LogP contribution in [0.25, 0.3) is 17.0 Å². The summed E-state index contributed by atoms with van der Waals surface area (Å²) >= 11 is 0. The summed E-state index contributed by atoms with van der Waals surface area (Å²) in [6, 6.07) is 7.71. The predicted molar refractivity (Wildman–Crippen MR) is 99.9 cm³/mol. The van der Waals surface area contributed by atoms with Gasteiger partial charge in [0.2, 0.25) is 17.8 Å². The van der Waals surface area contributed by atoms with Crippen LogP contribution in [0.5, 0.6) is 5.75 Å². The van der Waals surface area contributed by atoms with Gasteiger partial charge in [0, 0.05) is 11.8 Å². The molecule has 2 aromatic heterocycles. The topological polar surface area (TPSA) is 104 Å². The molecule has 8 nitrogen and oxygen atoms in total. The van der Waals surface area contributed by atoms with E-state index in [0.717, 1.165) is 12.1 Å². The van der Waals surface area contributed by atoms with Crippen molar-refractivity contribution in [1.29, 1.82) is 0 Å². The number of nitrogens with two attached hydrogens (primary N) is 1. The minimum atomic E-state index is -3.15. The summed E-state index contributed by atoms with van der Waals surface area (Å²) in [4.78, 5) is 16.4. The molecule has 0 amide bonds. The summed E-state index contributed by atoms with van der Waals surface area (Å²) in [7, 11) is 0. The van der Waals surface area contributed by atoms with Crippen LogP contribution in [0.4, 0.5) is 35.1 Å². The van der Waals surface area contributed by atoms with E-state index in [1.165, 1.54) is 22.8 Å². The lowest BCUT2D eigenvalue weighted by molar-refractivity contribution is -0.0521. The van der Waals surface area contributed by atoms with Gasteiger partial charge in [-0.3, -0.25) is 4.57 Å². The smallest absolute Gasteiger partial charge is 0.387 e. The van der Waals surface area contributed by atoms with Crippen molar-refractivity contribution < 1.29 is 22.3 Å². The fourth-order valence-corrected chi connectivity index (χ4v) is 2.87. The number of hydrogen-bond acceptors (Lipinski definition) is 7. The van der Waals surface area contributed by atoms with E-state index in [4.69, 9.17) is 5.73 Å². The molecule has 0 aliphatic carbocycles. The van der Waals surface area contributed by atoms with Crippen LogP contribution < -0.4 is 15.8 Å². The molecule has 154 valence electrons.